The third-order valence-corrected chi connectivity index (χ3v) is 5.39. The van der Waals surface area contributed by atoms with E-state index in [4.69, 9.17) is 5.21 Å². The third-order valence-electron chi connectivity index (χ3n) is 5.39. The Balaban J connectivity index is 0.000000289. The van der Waals surface area contributed by atoms with Gasteiger partial charge in [0, 0.05) is 39.3 Å². The molecule has 0 aromatic rings. The Morgan fingerprint density at radius 3 is 2.00 bits per heavy atom. The highest BCUT2D eigenvalue weighted by molar-refractivity contribution is 4.79. The van der Waals surface area contributed by atoms with Gasteiger partial charge >= 0.3 is 0 Å². The number of hydroxylamine groups is 2. The lowest BCUT2D eigenvalue weighted by molar-refractivity contribution is -0.910. The molecule has 0 spiro atoms. The molecule has 2 aliphatic rings. The number of likely N-dealkylation sites (N-methyl/N-ethyl adjacent to an activating group) is 1. The average molecular weight is 372 g/mol. The summed E-state index contributed by atoms with van der Waals surface area (Å²) in [6.45, 7) is 21.6. The second kappa shape index (κ2) is 11.9. The Bertz CT molecular complexity index is 387. The van der Waals surface area contributed by atoms with Gasteiger partial charge in [-0.2, -0.15) is 5.06 Å². The van der Waals surface area contributed by atoms with Crippen molar-refractivity contribution < 1.29 is 14.8 Å². The fraction of sp³-hybridized carbons (Fsp3) is 0.900. The van der Waals surface area contributed by atoms with Crippen molar-refractivity contribution in [3.05, 3.63) is 12.3 Å². The zero-order chi connectivity index (χ0) is 19.6. The Morgan fingerprint density at radius 2 is 1.54 bits per heavy atom. The van der Waals surface area contributed by atoms with Gasteiger partial charge in [0.2, 0.25) is 0 Å². The first-order valence-electron chi connectivity index (χ1n) is 10.3. The van der Waals surface area contributed by atoms with Crippen LogP contribution >= 0.6 is 0 Å². The molecule has 0 aliphatic carbocycles. The van der Waals surface area contributed by atoms with Gasteiger partial charge in [-0.3, -0.25) is 4.90 Å². The molecule has 0 radical (unpaired) electrons. The molecule has 6 heteroatoms. The van der Waals surface area contributed by atoms with Gasteiger partial charge < -0.3 is 19.7 Å². The zero-order valence-corrected chi connectivity index (χ0v) is 17.7. The number of hydrogen-bond acceptors (Lipinski definition) is 5. The molecule has 0 bridgehead atoms. The summed E-state index contributed by atoms with van der Waals surface area (Å²) in [5.74, 6) is 1.11. The molecular weight excluding hydrogens is 328 g/mol. The number of nitrogens with zero attached hydrogens (tertiary/aromatic N) is 4. The number of quaternary nitrogens is 1. The highest BCUT2D eigenvalue weighted by Crippen LogP contribution is 2.13. The fourth-order valence-corrected chi connectivity index (χ4v) is 3.53. The summed E-state index contributed by atoms with van der Waals surface area (Å²) in [4.78, 5) is 4.92. The van der Waals surface area contributed by atoms with Crippen LogP contribution in [-0.2, 0) is 0 Å². The average Bonchev–Trinajstić information content (AvgIpc) is 2.56. The summed E-state index contributed by atoms with van der Waals surface area (Å²) >= 11 is 0. The molecule has 2 fully saturated rings. The second-order valence-electron chi connectivity index (χ2n) is 8.61. The minimum Gasteiger partial charge on any atom is -0.507 e. The van der Waals surface area contributed by atoms with E-state index in [-0.39, 0.29) is 0 Å². The van der Waals surface area contributed by atoms with Crippen LogP contribution in [0.3, 0.4) is 0 Å². The first kappa shape index (κ1) is 23.4. The molecule has 0 aromatic carbocycles. The van der Waals surface area contributed by atoms with Crippen LogP contribution in [0, 0.1) is 5.92 Å². The molecule has 2 rings (SSSR count). The van der Waals surface area contributed by atoms with Crippen molar-refractivity contribution in [1.82, 2.24) is 14.9 Å². The molecule has 0 aromatic heterocycles. The Morgan fingerprint density at radius 1 is 1.00 bits per heavy atom. The molecule has 2 saturated heterocycles. The van der Waals surface area contributed by atoms with E-state index in [1.807, 2.05) is 0 Å². The molecule has 2 aliphatic heterocycles. The normalized spacial score (nSPS) is 22.1. The largest absolute Gasteiger partial charge is 0.507 e. The highest BCUT2D eigenvalue weighted by atomic mass is 16.5. The van der Waals surface area contributed by atoms with Crippen molar-refractivity contribution in [2.45, 2.75) is 33.6 Å². The molecule has 0 saturated carbocycles. The summed E-state index contributed by atoms with van der Waals surface area (Å²) in [5, 5.41) is 19.7. The summed E-state index contributed by atoms with van der Waals surface area (Å²) in [6, 6.07) is 0. The van der Waals surface area contributed by atoms with Crippen molar-refractivity contribution >= 4 is 0 Å². The Hall–Kier alpha value is -0.660. The first-order chi connectivity index (χ1) is 12.2. The zero-order valence-electron chi connectivity index (χ0n) is 17.7. The topological polar surface area (TPSA) is 50.2 Å². The van der Waals surface area contributed by atoms with E-state index in [1.165, 1.54) is 31.0 Å². The van der Waals surface area contributed by atoms with Gasteiger partial charge in [-0.25, -0.2) is 0 Å². The van der Waals surface area contributed by atoms with Crippen LogP contribution in [0.2, 0.25) is 0 Å². The van der Waals surface area contributed by atoms with Crippen LogP contribution in [0.15, 0.2) is 12.3 Å². The Kier molecular flexibility index (Phi) is 10.7. The Labute approximate surface area is 161 Å². The quantitative estimate of drug-likeness (QED) is 0.531. The summed E-state index contributed by atoms with van der Waals surface area (Å²) < 4.78 is 0.938. The van der Waals surface area contributed by atoms with Crippen molar-refractivity contribution in [2.75, 3.05) is 79.0 Å². The van der Waals surface area contributed by atoms with E-state index in [0.29, 0.717) is 12.3 Å². The van der Waals surface area contributed by atoms with Crippen molar-refractivity contribution in [3.8, 4) is 0 Å². The molecule has 6 nitrogen and oxygen atoms in total. The van der Waals surface area contributed by atoms with Gasteiger partial charge in [-0.05, 0) is 31.8 Å². The van der Waals surface area contributed by atoms with Gasteiger partial charge in [0.15, 0.2) is 0 Å². The minimum atomic E-state index is 0.318. The van der Waals surface area contributed by atoms with E-state index in [0.717, 1.165) is 62.8 Å². The van der Waals surface area contributed by atoms with Gasteiger partial charge in [-0.1, -0.05) is 27.4 Å². The lowest BCUT2D eigenvalue weighted by Gasteiger charge is -2.41. The number of piperazine rings is 2. The number of aliphatic hydroxyl groups excluding tert-OH is 1. The monoisotopic (exact) mass is 371 g/mol. The van der Waals surface area contributed by atoms with E-state index < -0.39 is 0 Å². The molecule has 2 N–H and O–H groups in total. The van der Waals surface area contributed by atoms with Crippen molar-refractivity contribution in [2.24, 2.45) is 5.92 Å². The molecule has 0 amide bonds. The van der Waals surface area contributed by atoms with Crippen LogP contribution in [0.4, 0.5) is 0 Å². The SMILES string of the molecule is C=C(O)C[N+]1(C)CCN(CCC(C)C)CC1.CCCN1CCN(O)CC1. The van der Waals surface area contributed by atoms with Gasteiger partial charge in [0.05, 0.1) is 20.1 Å². The maximum atomic E-state index is 9.29. The van der Waals surface area contributed by atoms with E-state index in [2.05, 4.69) is 44.2 Å². The maximum absolute atomic E-state index is 9.29. The molecule has 0 atom stereocenters. The second-order valence-corrected chi connectivity index (χ2v) is 8.61. The number of rotatable bonds is 7. The van der Waals surface area contributed by atoms with Crippen LogP contribution < -0.4 is 0 Å². The molecule has 154 valence electrons. The lowest BCUT2D eigenvalue weighted by atomic mass is 10.1. The van der Waals surface area contributed by atoms with Crippen LogP contribution in [0.25, 0.3) is 0 Å². The molecule has 26 heavy (non-hydrogen) atoms. The molecule has 0 unspecified atom stereocenters. The molecular formula is C20H43N4O2+. The lowest BCUT2D eigenvalue weighted by Crippen LogP contribution is -2.57. The first-order valence-corrected chi connectivity index (χ1v) is 10.3. The van der Waals surface area contributed by atoms with Gasteiger partial charge in [0.1, 0.15) is 12.3 Å². The van der Waals surface area contributed by atoms with E-state index >= 15 is 0 Å². The van der Waals surface area contributed by atoms with Gasteiger partial charge in [-0.15, -0.1) is 0 Å². The van der Waals surface area contributed by atoms with Gasteiger partial charge in [0.25, 0.3) is 0 Å². The van der Waals surface area contributed by atoms with Crippen molar-refractivity contribution in [3.63, 3.8) is 0 Å². The standard InChI is InChI=1S/C13H26N2O.C7H16N2O/c1-12(2)5-6-14-7-9-15(4,10-8-14)11-13(3)16;1-2-3-8-4-6-9(10)7-5-8/h12H,3,5-11H2,1-2,4H3;10H,2-7H2,1H3/p+1. The maximum Gasteiger partial charge on any atom is 0.139 e. The number of hydrogen-bond donors (Lipinski definition) is 2. The summed E-state index contributed by atoms with van der Waals surface area (Å²) in [5.41, 5.74) is 0. The highest BCUT2D eigenvalue weighted by Gasteiger charge is 2.28. The number of aliphatic hydroxyl groups is 1. The van der Waals surface area contributed by atoms with E-state index in [1.54, 1.807) is 0 Å². The van der Waals surface area contributed by atoms with E-state index in [9.17, 15) is 5.11 Å². The van der Waals surface area contributed by atoms with Crippen LogP contribution in [-0.4, -0.2) is 109 Å². The molecule has 2 heterocycles. The smallest absolute Gasteiger partial charge is 0.139 e. The third kappa shape index (κ3) is 9.88. The van der Waals surface area contributed by atoms with Crippen LogP contribution in [0.5, 0.6) is 0 Å². The van der Waals surface area contributed by atoms with Crippen LogP contribution in [0.1, 0.15) is 33.6 Å². The van der Waals surface area contributed by atoms with Crippen molar-refractivity contribution in [1.29, 1.82) is 0 Å². The summed E-state index contributed by atoms with van der Waals surface area (Å²) in [6.07, 6.45) is 2.50. The predicted octanol–water partition coefficient (Wildman–Crippen LogP) is 2.27. The predicted molar refractivity (Wildman–Crippen MR) is 109 cm³/mol. The summed E-state index contributed by atoms with van der Waals surface area (Å²) in [7, 11) is 2.21. The minimum absolute atomic E-state index is 0.318. The fourth-order valence-electron chi connectivity index (χ4n) is 3.53.